The van der Waals surface area contributed by atoms with Gasteiger partial charge in [-0.3, -0.25) is 0 Å². The molecule has 0 aliphatic heterocycles. The lowest BCUT2D eigenvalue weighted by Gasteiger charge is -2.07. The van der Waals surface area contributed by atoms with Crippen molar-refractivity contribution in [1.29, 1.82) is 0 Å². The second-order valence-electron chi connectivity index (χ2n) is 4.57. The number of aryl methyl sites for hydroxylation is 1. The van der Waals surface area contributed by atoms with E-state index in [4.69, 9.17) is 4.74 Å². The lowest BCUT2D eigenvalue weighted by Crippen LogP contribution is -2.05. The minimum absolute atomic E-state index is 0.301. The molecule has 3 aromatic rings. The van der Waals surface area contributed by atoms with Crippen LogP contribution in [0.2, 0.25) is 0 Å². The lowest BCUT2D eigenvalue weighted by atomic mass is 10.3. The molecule has 0 fully saturated rings. The smallest absolute Gasteiger partial charge is 0.245 e. The van der Waals surface area contributed by atoms with Crippen molar-refractivity contribution >= 4 is 15.9 Å². The number of halogens is 2. The molecule has 1 N–H and O–H groups in total. The molecule has 0 spiro atoms. The number of H-pyrrole nitrogens is 1. The number of nitrogens with one attached hydrogen (secondary N) is 1. The van der Waals surface area contributed by atoms with Crippen molar-refractivity contribution < 1.29 is 9.13 Å². The fourth-order valence-corrected chi connectivity index (χ4v) is 2.17. The van der Waals surface area contributed by atoms with Gasteiger partial charge in [-0.15, -0.1) is 20.4 Å². The molecule has 23 heavy (non-hydrogen) atoms. The van der Waals surface area contributed by atoms with E-state index < -0.39 is 0 Å². The summed E-state index contributed by atoms with van der Waals surface area (Å²) in [5, 5.41) is 25.2. The van der Waals surface area contributed by atoms with Gasteiger partial charge in [0.15, 0.2) is 0 Å². The quantitative estimate of drug-likeness (QED) is 0.618. The summed E-state index contributed by atoms with van der Waals surface area (Å²) in [5.74, 6) is 0.779. The molecular formula is C12H12BrFN8O. The highest BCUT2D eigenvalue weighted by molar-refractivity contribution is 9.10. The molecule has 0 aliphatic rings. The summed E-state index contributed by atoms with van der Waals surface area (Å²) < 4.78 is 19.4. The van der Waals surface area contributed by atoms with Crippen LogP contribution in [0.4, 0.5) is 4.39 Å². The van der Waals surface area contributed by atoms with E-state index in [0.29, 0.717) is 30.5 Å². The Morgan fingerprint density at radius 3 is 2.96 bits per heavy atom. The molecule has 0 aliphatic carbocycles. The van der Waals surface area contributed by atoms with Gasteiger partial charge in [0.05, 0.1) is 17.6 Å². The predicted octanol–water partition coefficient (Wildman–Crippen LogP) is 1.61. The van der Waals surface area contributed by atoms with Crippen LogP contribution < -0.4 is 4.74 Å². The predicted molar refractivity (Wildman–Crippen MR) is 79.8 cm³/mol. The number of aromatic nitrogens is 8. The Kier molecular flexibility index (Phi) is 4.86. The summed E-state index contributed by atoms with van der Waals surface area (Å²) >= 11 is 3.31. The highest BCUT2D eigenvalue weighted by Gasteiger charge is 2.10. The first-order chi connectivity index (χ1) is 11.2. The minimum atomic E-state index is -0.330. The standard InChI is InChI=1S/C12H12BrFN8O/c13-9-4-3-8(14)7-10(9)23-6-2-1-5-22-18-12(17-21-22)11-15-19-20-16-11/h3-4,7H,1-2,5-6H2,(H,15,16,19,20). The first-order valence-corrected chi connectivity index (χ1v) is 7.61. The zero-order chi connectivity index (χ0) is 16.1. The van der Waals surface area contributed by atoms with E-state index in [1.807, 2.05) is 0 Å². The summed E-state index contributed by atoms with van der Waals surface area (Å²) in [6, 6.07) is 4.33. The number of rotatable bonds is 7. The third-order valence-corrected chi connectivity index (χ3v) is 3.56. The molecule has 2 aromatic heterocycles. The molecular weight excluding hydrogens is 371 g/mol. The van der Waals surface area contributed by atoms with Crippen molar-refractivity contribution in [2.45, 2.75) is 19.4 Å². The lowest BCUT2D eigenvalue weighted by molar-refractivity contribution is 0.296. The molecule has 0 amide bonds. The Bertz CT molecular complexity index is 762. The van der Waals surface area contributed by atoms with Gasteiger partial charge in [-0.1, -0.05) is 0 Å². The summed E-state index contributed by atoms with van der Waals surface area (Å²) in [6.07, 6.45) is 1.55. The summed E-state index contributed by atoms with van der Waals surface area (Å²) in [7, 11) is 0. The fourth-order valence-electron chi connectivity index (χ4n) is 1.81. The number of unbranched alkanes of at least 4 members (excludes halogenated alkanes) is 1. The normalized spacial score (nSPS) is 10.9. The van der Waals surface area contributed by atoms with Gasteiger partial charge in [0, 0.05) is 6.07 Å². The Labute approximate surface area is 138 Å². The van der Waals surface area contributed by atoms with Gasteiger partial charge in [-0.05, 0) is 51.3 Å². The number of nitrogens with zero attached hydrogens (tertiary/aromatic N) is 7. The minimum Gasteiger partial charge on any atom is -0.492 e. The molecule has 0 saturated carbocycles. The van der Waals surface area contributed by atoms with Crippen molar-refractivity contribution in [3.8, 4) is 17.4 Å². The third-order valence-electron chi connectivity index (χ3n) is 2.90. The molecule has 9 nitrogen and oxygen atoms in total. The summed E-state index contributed by atoms with van der Waals surface area (Å²) in [6.45, 7) is 1.05. The van der Waals surface area contributed by atoms with Gasteiger partial charge >= 0.3 is 0 Å². The average molecular weight is 383 g/mol. The highest BCUT2D eigenvalue weighted by atomic mass is 79.9. The average Bonchev–Trinajstić information content (AvgIpc) is 3.21. The summed E-state index contributed by atoms with van der Waals surface area (Å²) in [4.78, 5) is 1.46. The Morgan fingerprint density at radius 2 is 2.13 bits per heavy atom. The van der Waals surface area contributed by atoms with Gasteiger partial charge < -0.3 is 4.74 Å². The SMILES string of the molecule is Fc1ccc(Br)c(OCCCCn2nnc(-c3nn[nH]n3)n2)c1. The molecule has 2 heterocycles. The second-order valence-corrected chi connectivity index (χ2v) is 5.43. The maximum Gasteiger partial charge on any atom is 0.245 e. The molecule has 0 unspecified atom stereocenters. The van der Waals surface area contributed by atoms with E-state index >= 15 is 0 Å². The van der Waals surface area contributed by atoms with Crippen LogP contribution in [0.1, 0.15) is 12.8 Å². The molecule has 3 rings (SSSR count). The number of hydrogen-bond donors (Lipinski definition) is 1. The second kappa shape index (κ2) is 7.22. The molecule has 0 saturated heterocycles. The number of hydrogen-bond acceptors (Lipinski definition) is 7. The Hall–Kier alpha value is -2.43. The van der Waals surface area contributed by atoms with Crippen LogP contribution in [0.5, 0.6) is 5.75 Å². The van der Waals surface area contributed by atoms with Crippen LogP contribution in [0, 0.1) is 5.82 Å². The van der Waals surface area contributed by atoms with Crippen LogP contribution in [0.3, 0.4) is 0 Å². The van der Waals surface area contributed by atoms with E-state index in [1.165, 1.54) is 16.9 Å². The molecule has 0 bridgehead atoms. The number of benzene rings is 1. The van der Waals surface area contributed by atoms with E-state index in [0.717, 1.165) is 17.3 Å². The molecule has 11 heteroatoms. The first-order valence-electron chi connectivity index (χ1n) is 6.82. The van der Waals surface area contributed by atoms with Crippen LogP contribution in [-0.2, 0) is 6.54 Å². The molecule has 120 valence electrons. The van der Waals surface area contributed by atoms with E-state index in [1.54, 1.807) is 6.07 Å². The van der Waals surface area contributed by atoms with E-state index in [9.17, 15) is 4.39 Å². The Morgan fingerprint density at radius 1 is 1.22 bits per heavy atom. The maximum absolute atomic E-state index is 13.1. The molecule has 0 atom stereocenters. The van der Waals surface area contributed by atoms with Crippen LogP contribution in [-0.4, -0.2) is 47.4 Å². The van der Waals surface area contributed by atoms with Crippen molar-refractivity contribution in [2.75, 3.05) is 6.61 Å². The zero-order valence-electron chi connectivity index (χ0n) is 11.9. The monoisotopic (exact) mass is 382 g/mol. The van der Waals surface area contributed by atoms with Crippen molar-refractivity contribution in [3.63, 3.8) is 0 Å². The van der Waals surface area contributed by atoms with Crippen molar-refractivity contribution in [3.05, 3.63) is 28.5 Å². The van der Waals surface area contributed by atoms with Gasteiger partial charge in [-0.25, -0.2) is 4.39 Å². The van der Waals surface area contributed by atoms with Crippen LogP contribution in [0.25, 0.3) is 11.6 Å². The first kappa shape index (κ1) is 15.5. The molecule has 0 radical (unpaired) electrons. The largest absolute Gasteiger partial charge is 0.492 e. The zero-order valence-corrected chi connectivity index (χ0v) is 13.4. The van der Waals surface area contributed by atoms with Crippen molar-refractivity contribution in [1.82, 2.24) is 40.8 Å². The maximum atomic E-state index is 13.1. The van der Waals surface area contributed by atoms with Gasteiger partial charge in [-0.2, -0.15) is 10.0 Å². The Balaban J connectivity index is 1.43. The molecule has 1 aromatic carbocycles. The number of tetrazole rings is 2. The van der Waals surface area contributed by atoms with E-state index in [-0.39, 0.29) is 5.82 Å². The highest BCUT2D eigenvalue weighted by Crippen LogP contribution is 2.25. The van der Waals surface area contributed by atoms with Gasteiger partial charge in [0.1, 0.15) is 11.6 Å². The van der Waals surface area contributed by atoms with Gasteiger partial charge in [0.2, 0.25) is 11.6 Å². The van der Waals surface area contributed by atoms with E-state index in [2.05, 4.69) is 52.0 Å². The number of aromatic amines is 1. The topological polar surface area (TPSA) is 107 Å². The third kappa shape index (κ3) is 4.06. The summed E-state index contributed by atoms with van der Waals surface area (Å²) in [5.41, 5.74) is 0. The number of ether oxygens (including phenoxy) is 1. The van der Waals surface area contributed by atoms with Gasteiger partial charge in [0.25, 0.3) is 0 Å². The fraction of sp³-hybridized carbons (Fsp3) is 0.333. The van der Waals surface area contributed by atoms with Crippen LogP contribution in [0.15, 0.2) is 22.7 Å². The van der Waals surface area contributed by atoms with Crippen molar-refractivity contribution in [2.24, 2.45) is 0 Å². The van der Waals surface area contributed by atoms with Crippen LogP contribution >= 0.6 is 15.9 Å².